The van der Waals surface area contributed by atoms with Gasteiger partial charge in [0.05, 0.1) is 20.5 Å². The highest BCUT2D eigenvalue weighted by Gasteiger charge is 2.43. The second kappa shape index (κ2) is 8.29. The maximum absolute atomic E-state index is 14.5. The fraction of sp³-hybridized carbons (Fsp3) is 0.429. The lowest BCUT2D eigenvalue weighted by Crippen LogP contribution is -2.50. The van der Waals surface area contributed by atoms with Gasteiger partial charge in [-0.25, -0.2) is 18.5 Å². The van der Waals surface area contributed by atoms with Crippen molar-refractivity contribution in [3.05, 3.63) is 36.1 Å². The number of aromatic amines is 1. The van der Waals surface area contributed by atoms with E-state index in [0.29, 0.717) is 23.2 Å². The molecule has 0 saturated carbocycles. The third kappa shape index (κ3) is 4.45. The smallest absolute Gasteiger partial charge is 0.408 e. The van der Waals surface area contributed by atoms with Crippen LogP contribution in [0.25, 0.3) is 27.7 Å². The average Bonchev–Trinajstić information content (AvgIpc) is 3.34. The van der Waals surface area contributed by atoms with Crippen LogP contribution in [0.15, 0.2) is 35.4 Å². The predicted molar refractivity (Wildman–Crippen MR) is 115 cm³/mol. The predicted octanol–water partition coefficient (Wildman–Crippen LogP) is 2.89. The Morgan fingerprint density at radius 2 is 2.11 bits per heavy atom. The highest BCUT2D eigenvalue weighted by molar-refractivity contribution is 5.89. The molecule has 186 valence electrons. The van der Waals surface area contributed by atoms with Crippen molar-refractivity contribution >= 4 is 16.6 Å². The SMILES string of the molecule is [2H]c1cc(-c2ccc3nnn(CC(F)(F)F)c3c2)c2c(OC)nc(=N[C@@H]3CCN(C)CC3(F)F)[nH]n12. The maximum atomic E-state index is 14.5. The van der Waals surface area contributed by atoms with Crippen molar-refractivity contribution in [1.82, 2.24) is 34.5 Å². The summed E-state index contributed by atoms with van der Waals surface area (Å²) in [5.41, 5.74) is 1.48. The van der Waals surface area contributed by atoms with Gasteiger partial charge in [-0.05, 0) is 37.2 Å². The Balaban J connectivity index is 1.62. The molecule has 1 aliphatic rings. The van der Waals surface area contributed by atoms with Crippen molar-refractivity contribution in [1.29, 1.82) is 0 Å². The van der Waals surface area contributed by atoms with E-state index in [1.165, 1.54) is 34.7 Å². The van der Waals surface area contributed by atoms with E-state index in [-0.39, 0.29) is 35.1 Å². The summed E-state index contributed by atoms with van der Waals surface area (Å²) in [5, 5.41) is 10.1. The minimum Gasteiger partial charge on any atom is -0.479 e. The molecule has 3 aromatic heterocycles. The lowest BCUT2D eigenvalue weighted by molar-refractivity contribution is -0.142. The molecule has 1 N–H and O–H groups in total. The molecule has 0 bridgehead atoms. The lowest BCUT2D eigenvalue weighted by atomic mass is 10.0. The van der Waals surface area contributed by atoms with E-state index in [4.69, 9.17) is 6.11 Å². The summed E-state index contributed by atoms with van der Waals surface area (Å²) in [6, 6.07) is 4.79. The largest absolute Gasteiger partial charge is 0.479 e. The second-order valence-electron chi connectivity index (χ2n) is 8.43. The number of piperidine rings is 1. The van der Waals surface area contributed by atoms with Gasteiger partial charge in [0.2, 0.25) is 11.5 Å². The third-order valence-corrected chi connectivity index (χ3v) is 5.82. The molecule has 0 aliphatic carbocycles. The summed E-state index contributed by atoms with van der Waals surface area (Å²) >= 11 is 0. The first-order chi connectivity index (χ1) is 16.9. The first-order valence-corrected chi connectivity index (χ1v) is 10.6. The number of H-pyrrole nitrogens is 1. The van der Waals surface area contributed by atoms with Crippen LogP contribution in [-0.2, 0) is 6.54 Å². The molecule has 1 saturated heterocycles. The Morgan fingerprint density at radius 3 is 2.83 bits per heavy atom. The van der Waals surface area contributed by atoms with Gasteiger partial charge in [-0.15, -0.1) is 5.10 Å². The van der Waals surface area contributed by atoms with Gasteiger partial charge in [0.15, 0.2) is 0 Å². The molecule has 0 spiro atoms. The number of hydrogen-bond donors (Lipinski definition) is 1. The molecule has 5 rings (SSSR count). The first-order valence-electron chi connectivity index (χ1n) is 11.1. The maximum Gasteiger partial charge on any atom is 0.408 e. The molecule has 0 amide bonds. The van der Waals surface area contributed by atoms with E-state index < -0.39 is 31.2 Å². The van der Waals surface area contributed by atoms with Gasteiger partial charge in [-0.2, -0.15) is 18.2 Å². The van der Waals surface area contributed by atoms with Crippen LogP contribution in [0.2, 0.25) is 0 Å². The summed E-state index contributed by atoms with van der Waals surface area (Å²) in [5.74, 6) is -3.04. The van der Waals surface area contributed by atoms with Crippen molar-refractivity contribution in [3.63, 3.8) is 0 Å². The van der Waals surface area contributed by atoms with Crippen molar-refractivity contribution in [2.75, 3.05) is 27.2 Å². The highest BCUT2D eigenvalue weighted by Crippen LogP contribution is 2.32. The first kappa shape index (κ1) is 21.9. The molecule has 0 unspecified atom stereocenters. The molecule has 35 heavy (non-hydrogen) atoms. The number of nitrogens with zero attached hydrogens (tertiary/aromatic N) is 7. The Hall–Kier alpha value is -3.55. The van der Waals surface area contributed by atoms with E-state index in [2.05, 4.69) is 25.4 Å². The zero-order valence-electron chi connectivity index (χ0n) is 19.6. The standard InChI is InChI=1S/C21H21F5N8O/c1-32-7-6-16(20(22,23)10-32)27-19-28-18(35-2)17-13(5-8-33(17)30-19)12-3-4-14-15(9-12)34(31-29-14)11-21(24,25)26/h3-5,8-9,16H,6-7,10-11H2,1-2H3,(H,27,30)/t16-/m1/s1/i8D. The number of rotatable bonds is 4. The van der Waals surface area contributed by atoms with Crippen molar-refractivity contribution in [3.8, 4) is 17.0 Å². The Labute approximate surface area is 196 Å². The van der Waals surface area contributed by atoms with Gasteiger partial charge in [0.1, 0.15) is 23.6 Å². The lowest BCUT2D eigenvalue weighted by Gasteiger charge is -2.33. The van der Waals surface area contributed by atoms with Gasteiger partial charge in [0.25, 0.3) is 5.92 Å². The highest BCUT2D eigenvalue weighted by atomic mass is 19.4. The number of aromatic nitrogens is 6. The summed E-state index contributed by atoms with van der Waals surface area (Å²) in [6.07, 6.45) is -4.42. The molecular weight excluding hydrogens is 475 g/mol. The molecule has 0 radical (unpaired) electrons. The van der Waals surface area contributed by atoms with Crippen molar-refractivity contribution in [2.24, 2.45) is 4.99 Å². The minimum atomic E-state index is -4.49. The summed E-state index contributed by atoms with van der Waals surface area (Å²) in [6.45, 7) is -1.29. The second-order valence-corrected chi connectivity index (χ2v) is 8.43. The number of likely N-dealkylation sites (tertiary alicyclic amines) is 1. The number of alkyl halides is 5. The number of ether oxygens (including phenoxy) is 1. The molecular formula is C21H21F5N8O. The van der Waals surface area contributed by atoms with Crippen LogP contribution in [0.5, 0.6) is 5.88 Å². The minimum absolute atomic E-state index is 0.0132. The van der Waals surface area contributed by atoms with E-state index >= 15 is 0 Å². The van der Waals surface area contributed by atoms with Gasteiger partial charge in [-0.1, -0.05) is 11.3 Å². The van der Waals surface area contributed by atoms with Crippen LogP contribution >= 0.6 is 0 Å². The Kier molecular flexibility index (Phi) is 5.20. The molecule has 4 aromatic rings. The number of hydrogen-bond acceptors (Lipinski definition) is 6. The van der Waals surface area contributed by atoms with Crippen LogP contribution in [0, 0.1) is 0 Å². The quantitative estimate of drug-likeness (QED) is 0.438. The Bertz CT molecular complexity index is 1510. The van der Waals surface area contributed by atoms with Gasteiger partial charge in [-0.3, -0.25) is 9.61 Å². The number of nitrogens with one attached hydrogen (secondary N) is 1. The number of halogens is 5. The van der Waals surface area contributed by atoms with E-state index in [0.717, 1.165) is 4.68 Å². The van der Waals surface area contributed by atoms with Crippen LogP contribution in [0.1, 0.15) is 7.79 Å². The molecule has 4 heterocycles. The third-order valence-electron chi connectivity index (χ3n) is 5.82. The van der Waals surface area contributed by atoms with Crippen LogP contribution in [0.3, 0.4) is 0 Å². The zero-order chi connectivity index (χ0) is 25.8. The molecule has 14 heteroatoms. The Morgan fingerprint density at radius 1 is 1.31 bits per heavy atom. The fourth-order valence-electron chi connectivity index (χ4n) is 4.20. The van der Waals surface area contributed by atoms with Crippen LogP contribution in [0.4, 0.5) is 22.0 Å². The van der Waals surface area contributed by atoms with Crippen LogP contribution in [-0.4, -0.2) is 79.9 Å². The number of fused-ring (bicyclic) bond motifs is 2. The number of methoxy groups -OCH3 is 1. The molecule has 1 atom stereocenters. The van der Waals surface area contributed by atoms with E-state index in [9.17, 15) is 22.0 Å². The molecule has 1 aromatic carbocycles. The monoisotopic (exact) mass is 497 g/mol. The molecule has 9 nitrogen and oxygen atoms in total. The summed E-state index contributed by atoms with van der Waals surface area (Å²) in [4.78, 5) is 9.88. The van der Waals surface area contributed by atoms with Crippen molar-refractivity contribution < 1.29 is 28.1 Å². The number of benzene rings is 1. The summed E-state index contributed by atoms with van der Waals surface area (Å²) < 4.78 is 83.7. The van der Waals surface area contributed by atoms with Gasteiger partial charge in [0, 0.05) is 18.3 Å². The fourth-order valence-corrected chi connectivity index (χ4v) is 4.20. The molecule has 1 aliphatic heterocycles. The zero-order valence-corrected chi connectivity index (χ0v) is 18.6. The topological polar surface area (TPSA) is 88.6 Å². The normalized spacial score (nSPS) is 20.0. The molecule has 1 fully saturated rings. The van der Waals surface area contributed by atoms with Crippen LogP contribution < -0.4 is 10.4 Å². The van der Waals surface area contributed by atoms with Gasteiger partial charge < -0.3 is 9.64 Å². The van der Waals surface area contributed by atoms with Crippen molar-refractivity contribution in [2.45, 2.75) is 31.1 Å². The van der Waals surface area contributed by atoms with Gasteiger partial charge >= 0.3 is 6.18 Å². The van der Waals surface area contributed by atoms with E-state index in [1.807, 2.05) is 0 Å². The average molecular weight is 497 g/mol. The van der Waals surface area contributed by atoms with E-state index in [1.54, 1.807) is 13.1 Å². The summed E-state index contributed by atoms with van der Waals surface area (Å²) in [7, 11) is 2.95.